The van der Waals surface area contributed by atoms with E-state index in [1.54, 1.807) is 24.3 Å². The van der Waals surface area contributed by atoms with Gasteiger partial charge in [0.1, 0.15) is 5.84 Å². The number of carbonyl (C=O) groups excluding carboxylic acids is 2. The van der Waals surface area contributed by atoms with Gasteiger partial charge in [-0.15, -0.1) is 0 Å². The number of nitrogen functional groups attached to an aromatic ring is 1. The quantitative estimate of drug-likeness (QED) is 0.342. The van der Waals surface area contributed by atoms with Crippen LogP contribution in [0.15, 0.2) is 30.3 Å². The summed E-state index contributed by atoms with van der Waals surface area (Å²) in [5.41, 5.74) is 6.64. The van der Waals surface area contributed by atoms with Gasteiger partial charge in [-0.2, -0.15) is 13.2 Å². The lowest BCUT2D eigenvalue weighted by molar-refractivity contribution is -0.192. The van der Waals surface area contributed by atoms with Gasteiger partial charge in [-0.05, 0) is 23.6 Å². The predicted octanol–water partition coefficient (Wildman–Crippen LogP) is 2.72. The van der Waals surface area contributed by atoms with E-state index < -0.39 is 24.2 Å². The summed E-state index contributed by atoms with van der Waals surface area (Å²) in [5, 5.41) is 18.5. The molecular formula is C17H16F3N3O6. The number of carbonyl (C=O) groups is 3. The number of hydrogen-bond donors (Lipinski definition) is 4. The fraction of sp³-hybridized carbons (Fsp3) is 0.176. The standard InChI is InChI=1S/C15H15N3O4.C2HF3O2/c1-21-14(19)10-5-8-3-4-9(13(16)17)6-11(8)12(7-10)18-15(20)22-2;3-2(4,5)1(6)7/h3-7H,1-2H3,(H3,16,17)(H,18,20);(H,6,7). The number of methoxy groups -OCH3 is 2. The van der Waals surface area contributed by atoms with Crippen LogP contribution in [0, 0.1) is 5.41 Å². The predicted molar refractivity (Wildman–Crippen MR) is 96.0 cm³/mol. The highest BCUT2D eigenvalue weighted by Crippen LogP contribution is 2.27. The zero-order chi connectivity index (χ0) is 22.4. The Labute approximate surface area is 161 Å². The number of fused-ring (bicyclic) bond motifs is 1. The van der Waals surface area contributed by atoms with Gasteiger partial charge in [0.2, 0.25) is 0 Å². The molecule has 0 aliphatic rings. The summed E-state index contributed by atoms with van der Waals surface area (Å²) in [6.45, 7) is 0. The molecule has 0 aliphatic carbocycles. The largest absolute Gasteiger partial charge is 0.490 e. The number of aliphatic carboxylic acids is 1. The summed E-state index contributed by atoms with van der Waals surface area (Å²) in [6.07, 6.45) is -5.75. The van der Waals surface area contributed by atoms with Crippen molar-refractivity contribution >= 4 is 40.3 Å². The SMILES string of the molecule is COC(=O)Nc1cc(C(=O)OC)cc2ccc(C(=N)N)cc12.O=C(O)C(F)(F)F. The highest BCUT2D eigenvalue weighted by molar-refractivity contribution is 6.08. The molecule has 0 fully saturated rings. The van der Waals surface area contributed by atoms with E-state index >= 15 is 0 Å². The number of rotatable bonds is 3. The number of halogens is 3. The molecule has 0 saturated heterocycles. The van der Waals surface area contributed by atoms with Gasteiger partial charge >= 0.3 is 24.2 Å². The number of esters is 1. The van der Waals surface area contributed by atoms with Crippen LogP contribution in [-0.2, 0) is 14.3 Å². The average Bonchev–Trinajstić information content (AvgIpc) is 2.66. The van der Waals surface area contributed by atoms with E-state index in [-0.39, 0.29) is 11.4 Å². The van der Waals surface area contributed by atoms with Crippen molar-refractivity contribution in [3.8, 4) is 0 Å². The molecule has 0 bridgehead atoms. The summed E-state index contributed by atoms with van der Waals surface area (Å²) in [5.74, 6) is -3.37. The zero-order valence-electron chi connectivity index (χ0n) is 15.1. The fourth-order valence-electron chi connectivity index (χ4n) is 2.03. The maximum Gasteiger partial charge on any atom is 0.490 e. The number of carboxylic acids is 1. The highest BCUT2D eigenvalue weighted by Gasteiger charge is 2.38. The minimum absolute atomic E-state index is 0.0945. The number of alkyl halides is 3. The molecule has 9 nitrogen and oxygen atoms in total. The van der Waals surface area contributed by atoms with Crippen LogP contribution in [0.3, 0.4) is 0 Å². The zero-order valence-corrected chi connectivity index (χ0v) is 15.1. The molecule has 0 aliphatic heterocycles. The summed E-state index contributed by atoms with van der Waals surface area (Å²) < 4.78 is 41.0. The highest BCUT2D eigenvalue weighted by atomic mass is 19.4. The van der Waals surface area contributed by atoms with Gasteiger partial charge in [-0.1, -0.05) is 12.1 Å². The normalized spacial score (nSPS) is 10.4. The van der Waals surface area contributed by atoms with E-state index in [0.29, 0.717) is 22.0 Å². The lowest BCUT2D eigenvalue weighted by Gasteiger charge is -2.11. The van der Waals surface area contributed by atoms with Gasteiger partial charge in [0.25, 0.3) is 0 Å². The first-order valence-electron chi connectivity index (χ1n) is 7.56. The number of benzene rings is 2. The molecular weight excluding hydrogens is 399 g/mol. The molecule has 12 heteroatoms. The van der Waals surface area contributed by atoms with Crippen LogP contribution in [0.4, 0.5) is 23.7 Å². The van der Waals surface area contributed by atoms with Crippen LogP contribution in [-0.4, -0.2) is 49.4 Å². The molecule has 0 atom stereocenters. The average molecular weight is 415 g/mol. The second-order valence-electron chi connectivity index (χ2n) is 5.28. The number of nitrogens with two attached hydrogens (primary N) is 1. The third kappa shape index (κ3) is 6.37. The van der Waals surface area contributed by atoms with Crippen molar-refractivity contribution < 1.29 is 42.1 Å². The Bertz CT molecular complexity index is 959. The van der Waals surface area contributed by atoms with Crippen molar-refractivity contribution in [3.63, 3.8) is 0 Å². The number of anilines is 1. The van der Waals surface area contributed by atoms with Crippen molar-refractivity contribution in [1.82, 2.24) is 0 Å². The van der Waals surface area contributed by atoms with Crippen LogP contribution in [0.5, 0.6) is 0 Å². The molecule has 2 aromatic carbocycles. The van der Waals surface area contributed by atoms with E-state index in [9.17, 15) is 22.8 Å². The summed E-state index contributed by atoms with van der Waals surface area (Å²) >= 11 is 0. The van der Waals surface area contributed by atoms with Gasteiger partial charge in [0.15, 0.2) is 0 Å². The molecule has 0 unspecified atom stereocenters. The molecule has 2 rings (SSSR count). The Hall–Kier alpha value is -3.83. The summed E-state index contributed by atoms with van der Waals surface area (Å²) in [6, 6.07) is 8.14. The van der Waals surface area contributed by atoms with E-state index in [0.717, 1.165) is 0 Å². The van der Waals surface area contributed by atoms with Gasteiger partial charge in [0.05, 0.1) is 25.5 Å². The van der Waals surface area contributed by atoms with Crippen molar-refractivity contribution in [3.05, 3.63) is 41.5 Å². The third-order valence-electron chi connectivity index (χ3n) is 3.35. The number of ether oxygens (including phenoxy) is 2. The maximum atomic E-state index is 11.7. The Kier molecular flexibility index (Phi) is 7.52. The van der Waals surface area contributed by atoms with E-state index in [1.807, 2.05) is 0 Å². The van der Waals surface area contributed by atoms with Crippen LogP contribution < -0.4 is 11.1 Å². The van der Waals surface area contributed by atoms with Gasteiger partial charge in [-0.3, -0.25) is 10.7 Å². The van der Waals surface area contributed by atoms with E-state index in [2.05, 4.69) is 10.1 Å². The molecule has 5 N–H and O–H groups in total. The monoisotopic (exact) mass is 415 g/mol. The van der Waals surface area contributed by atoms with Crippen molar-refractivity contribution in [1.29, 1.82) is 5.41 Å². The first-order valence-corrected chi connectivity index (χ1v) is 7.56. The van der Waals surface area contributed by atoms with Crippen molar-refractivity contribution in [2.24, 2.45) is 5.73 Å². The Morgan fingerprint density at radius 2 is 1.66 bits per heavy atom. The smallest absolute Gasteiger partial charge is 0.475 e. The fourth-order valence-corrected chi connectivity index (χ4v) is 2.03. The molecule has 0 radical (unpaired) electrons. The molecule has 0 heterocycles. The number of carboxylic acid groups (broad SMARTS) is 1. The van der Waals surface area contributed by atoms with Crippen LogP contribution >= 0.6 is 0 Å². The van der Waals surface area contributed by atoms with Gasteiger partial charge in [-0.25, -0.2) is 14.4 Å². The Morgan fingerprint density at radius 1 is 1.07 bits per heavy atom. The van der Waals surface area contributed by atoms with Gasteiger partial charge < -0.3 is 20.3 Å². The summed E-state index contributed by atoms with van der Waals surface area (Å²) in [4.78, 5) is 32.1. The van der Waals surface area contributed by atoms with Crippen molar-refractivity contribution in [2.75, 3.05) is 19.5 Å². The molecule has 0 spiro atoms. The molecule has 2 aromatic rings. The first kappa shape index (κ1) is 23.2. The topological polar surface area (TPSA) is 152 Å². The van der Waals surface area contributed by atoms with Crippen LogP contribution in [0.2, 0.25) is 0 Å². The maximum absolute atomic E-state index is 11.7. The number of amides is 1. The molecule has 0 aromatic heterocycles. The van der Waals surface area contributed by atoms with E-state index in [4.69, 9.17) is 25.8 Å². The lowest BCUT2D eigenvalue weighted by Crippen LogP contribution is -2.21. The summed E-state index contributed by atoms with van der Waals surface area (Å²) in [7, 11) is 2.52. The molecule has 1 amide bonds. The third-order valence-corrected chi connectivity index (χ3v) is 3.35. The van der Waals surface area contributed by atoms with Crippen molar-refractivity contribution in [2.45, 2.75) is 6.18 Å². The second-order valence-corrected chi connectivity index (χ2v) is 5.28. The van der Waals surface area contributed by atoms with Crippen LogP contribution in [0.1, 0.15) is 15.9 Å². The Morgan fingerprint density at radius 3 is 2.10 bits per heavy atom. The van der Waals surface area contributed by atoms with Gasteiger partial charge in [0, 0.05) is 10.9 Å². The van der Waals surface area contributed by atoms with E-state index in [1.165, 1.54) is 20.3 Å². The number of hydrogen-bond acceptors (Lipinski definition) is 6. The minimum Gasteiger partial charge on any atom is -0.475 e. The molecule has 156 valence electrons. The van der Waals surface area contributed by atoms with Crippen LogP contribution in [0.25, 0.3) is 10.8 Å². The molecule has 29 heavy (non-hydrogen) atoms. The molecule has 0 saturated carbocycles. The minimum atomic E-state index is -5.08. The lowest BCUT2D eigenvalue weighted by atomic mass is 10.0. The Balaban J connectivity index is 0.000000516. The number of nitrogens with one attached hydrogen (secondary N) is 2. The first-order chi connectivity index (χ1) is 13.4. The second kappa shape index (κ2) is 9.39. The number of amidine groups is 1.